The van der Waals surface area contributed by atoms with Crippen molar-refractivity contribution in [1.82, 2.24) is 15.3 Å². The molecule has 0 bridgehead atoms. The van der Waals surface area contributed by atoms with E-state index in [2.05, 4.69) is 41.5 Å². The lowest BCUT2D eigenvalue weighted by atomic mass is 10.2. The van der Waals surface area contributed by atoms with Crippen molar-refractivity contribution in [1.29, 1.82) is 0 Å². The van der Waals surface area contributed by atoms with Gasteiger partial charge in [-0.1, -0.05) is 0 Å². The van der Waals surface area contributed by atoms with Crippen LogP contribution in [0.4, 0.5) is 5.69 Å². The van der Waals surface area contributed by atoms with Gasteiger partial charge in [0.05, 0.1) is 22.2 Å². The molecule has 2 aromatic rings. The van der Waals surface area contributed by atoms with Crippen LogP contribution in [0.1, 0.15) is 0 Å². The van der Waals surface area contributed by atoms with E-state index in [-0.39, 0.29) is 17.0 Å². The standard InChI is InChI=1S/C11H10BrN5.BrH/c12-9-7(17-11-15-5-6-16-11)1-2-8-10(9)14-4-3-13-8;/h1-4H,5-6H2,(H2,15,16,17);1H. The van der Waals surface area contributed by atoms with Crippen LogP contribution in [0, 0.1) is 0 Å². The predicted octanol–water partition coefficient (Wildman–Crippen LogP) is 2.34. The van der Waals surface area contributed by atoms with Crippen molar-refractivity contribution < 1.29 is 0 Å². The maximum absolute atomic E-state index is 4.31. The van der Waals surface area contributed by atoms with E-state index in [0.717, 1.165) is 40.2 Å². The van der Waals surface area contributed by atoms with Gasteiger partial charge in [0, 0.05) is 18.9 Å². The van der Waals surface area contributed by atoms with Crippen LogP contribution in [0.25, 0.3) is 11.0 Å². The molecule has 1 aliphatic heterocycles. The highest BCUT2D eigenvalue weighted by Gasteiger charge is 2.10. The summed E-state index contributed by atoms with van der Waals surface area (Å²) in [6.45, 7) is 1.70. The molecule has 3 rings (SSSR count). The molecule has 0 radical (unpaired) electrons. The second-order valence-corrected chi connectivity index (χ2v) is 4.43. The molecular weight excluding hydrogens is 362 g/mol. The minimum atomic E-state index is 0. The second-order valence-electron chi connectivity index (χ2n) is 3.63. The number of aromatic nitrogens is 2. The summed E-state index contributed by atoms with van der Waals surface area (Å²) in [4.78, 5) is 12.8. The Morgan fingerprint density at radius 2 is 2.06 bits per heavy atom. The minimum Gasteiger partial charge on any atom is -0.354 e. The summed E-state index contributed by atoms with van der Waals surface area (Å²) in [6.07, 6.45) is 3.37. The van der Waals surface area contributed by atoms with Gasteiger partial charge < -0.3 is 10.6 Å². The molecule has 0 unspecified atom stereocenters. The van der Waals surface area contributed by atoms with Gasteiger partial charge in [-0.25, -0.2) is 0 Å². The number of anilines is 1. The average Bonchev–Trinajstić information content (AvgIpc) is 2.86. The Morgan fingerprint density at radius 3 is 2.83 bits per heavy atom. The first-order valence-electron chi connectivity index (χ1n) is 5.29. The fourth-order valence-corrected chi connectivity index (χ4v) is 2.25. The maximum Gasteiger partial charge on any atom is 0.195 e. The van der Waals surface area contributed by atoms with Gasteiger partial charge in [0.2, 0.25) is 0 Å². The molecule has 0 saturated carbocycles. The number of halogens is 2. The third-order valence-electron chi connectivity index (χ3n) is 2.51. The number of benzene rings is 1. The zero-order valence-electron chi connectivity index (χ0n) is 9.35. The third-order valence-corrected chi connectivity index (χ3v) is 3.31. The lowest BCUT2D eigenvalue weighted by Crippen LogP contribution is -2.26. The minimum absolute atomic E-state index is 0. The van der Waals surface area contributed by atoms with Gasteiger partial charge in [0.1, 0.15) is 5.52 Å². The van der Waals surface area contributed by atoms with Crippen LogP contribution in [-0.4, -0.2) is 29.0 Å². The Morgan fingerprint density at radius 1 is 1.22 bits per heavy atom. The molecule has 1 aliphatic rings. The number of hydrogen-bond donors (Lipinski definition) is 2. The number of hydrogen-bond acceptors (Lipinski definition) is 5. The monoisotopic (exact) mass is 371 g/mol. The molecule has 1 aromatic carbocycles. The van der Waals surface area contributed by atoms with Gasteiger partial charge in [-0.05, 0) is 28.1 Å². The van der Waals surface area contributed by atoms with E-state index in [0.29, 0.717) is 0 Å². The topological polar surface area (TPSA) is 62.2 Å². The van der Waals surface area contributed by atoms with E-state index in [1.807, 2.05) is 12.1 Å². The number of nitrogens with one attached hydrogen (secondary N) is 2. The normalized spacial score (nSPS) is 13.7. The third kappa shape index (κ3) is 2.46. The summed E-state index contributed by atoms with van der Waals surface area (Å²) in [5.41, 5.74) is 2.65. The van der Waals surface area contributed by atoms with Crippen molar-refractivity contribution in [2.45, 2.75) is 0 Å². The molecule has 2 N–H and O–H groups in total. The van der Waals surface area contributed by atoms with E-state index in [1.54, 1.807) is 12.4 Å². The Kier molecular flexibility index (Phi) is 4.13. The van der Waals surface area contributed by atoms with Crippen molar-refractivity contribution in [2.75, 3.05) is 18.4 Å². The highest BCUT2D eigenvalue weighted by molar-refractivity contribution is 9.10. The molecule has 7 heteroatoms. The smallest absolute Gasteiger partial charge is 0.195 e. The van der Waals surface area contributed by atoms with Crippen LogP contribution < -0.4 is 10.6 Å². The first kappa shape index (κ1) is 13.2. The van der Waals surface area contributed by atoms with Crippen molar-refractivity contribution in [2.24, 2.45) is 4.99 Å². The number of rotatable bonds is 1. The lowest BCUT2D eigenvalue weighted by molar-refractivity contribution is 0.959. The van der Waals surface area contributed by atoms with Crippen LogP contribution in [-0.2, 0) is 0 Å². The highest BCUT2D eigenvalue weighted by atomic mass is 79.9. The summed E-state index contributed by atoms with van der Waals surface area (Å²) in [5, 5.41) is 6.39. The molecule has 18 heavy (non-hydrogen) atoms. The molecule has 94 valence electrons. The summed E-state index contributed by atoms with van der Waals surface area (Å²) in [6, 6.07) is 3.90. The van der Waals surface area contributed by atoms with Crippen LogP contribution in [0.3, 0.4) is 0 Å². The van der Waals surface area contributed by atoms with Crippen molar-refractivity contribution in [3.8, 4) is 0 Å². The van der Waals surface area contributed by atoms with Crippen molar-refractivity contribution >= 4 is 55.6 Å². The number of guanidine groups is 1. The van der Waals surface area contributed by atoms with Gasteiger partial charge in [-0.2, -0.15) is 0 Å². The zero-order valence-corrected chi connectivity index (χ0v) is 12.7. The van der Waals surface area contributed by atoms with Gasteiger partial charge in [0.25, 0.3) is 0 Å². The quantitative estimate of drug-likeness (QED) is 0.806. The van der Waals surface area contributed by atoms with Crippen LogP contribution in [0.2, 0.25) is 0 Å². The molecule has 0 saturated heterocycles. The number of fused-ring (bicyclic) bond motifs is 1. The summed E-state index contributed by atoms with van der Waals surface area (Å²) in [5.74, 6) is 0.800. The molecule has 1 aromatic heterocycles. The molecule has 2 heterocycles. The van der Waals surface area contributed by atoms with E-state index < -0.39 is 0 Å². The first-order chi connectivity index (χ1) is 8.34. The Balaban J connectivity index is 0.00000120. The summed E-state index contributed by atoms with van der Waals surface area (Å²) < 4.78 is 0.902. The molecule has 0 aliphatic carbocycles. The highest BCUT2D eigenvalue weighted by Crippen LogP contribution is 2.28. The SMILES string of the molecule is Br.Brc1c(NC2=NCCN2)ccc2nccnc12. The molecule has 0 spiro atoms. The Hall–Kier alpha value is -1.21. The largest absolute Gasteiger partial charge is 0.354 e. The molecule has 5 nitrogen and oxygen atoms in total. The Labute approximate surface area is 123 Å². The molecular formula is C11H11Br2N5. The predicted molar refractivity (Wildman–Crippen MR) is 81.5 cm³/mol. The van der Waals surface area contributed by atoms with E-state index in [1.165, 1.54) is 0 Å². The first-order valence-corrected chi connectivity index (χ1v) is 6.08. The zero-order chi connectivity index (χ0) is 11.7. The fraction of sp³-hybridized carbons (Fsp3) is 0.182. The number of nitrogens with zero attached hydrogens (tertiary/aromatic N) is 3. The molecule has 0 atom stereocenters. The van der Waals surface area contributed by atoms with Gasteiger partial charge in [-0.15, -0.1) is 17.0 Å². The maximum atomic E-state index is 4.31. The molecule has 0 fully saturated rings. The van der Waals surface area contributed by atoms with Crippen LogP contribution in [0.15, 0.2) is 34.0 Å². The van der Waals surface area contributed by atoms with E-state index in [9.17, 15) is 0 Å². The van der Waals surface area contributed by atoms with E-state index >= 15 is 0 Å². The van der Waals surface area contributed by atoms with Crippen molar-refractivity contribution in [3.05, 3.63) is 29.0 Å². The van der Waals surface area contributed by atoms with Crippen LogP contribution >= 0.6 is 32.9 Å². The summed E-state index contributed by atoms with van der Waals surface area (Å²) >= 11 is 3.54. The van der Waals surface area contributed by atoms with Gasteiger partial charge in [0.15, 0.2) is 5.96 Å². The average molecular weight is 373 g/mol. The van der Waals surface area contributed by atoms with Crippen LogP contribution in [0.5, 0.6) is 0 Å². The van der Waals surface area contributed by atoms with Gasteiger partial charge in [-0.3, -0.25) is 15.0 Å². The molecule has 0 amide bonds. The second kappa shape index (κ2) is 5.62. The Bertz CT molecular complexity index is 599. The lowest BCUT2D eigenvalue weighted by Gasteiger charge is -2.09. The van der Waals surface area contributed by atoms with Crippen molar-refractivity contribution in [3.63, 3.8) is 0 Å². The fourth-order valence-electron chi connectivity index (χ4n) is 1.71. The summed E-state index contributed by atoms with van der Waals surface area (Å²) in [7, 11) is 0. The number of aliphatic imine (C=N–C) groups is 1. The van der Waals surface area contributed by atoms with Gasteiger partial charge >= 0.3 is 0 Å². The van der Waals surface area contributed by atoms with E-state index in [4.69, 9.17) is 0 Å².